The zero-order valence-corrected chi connectivity index (χ0v) is 12.3. The van der Waals surface area contributed by atoms with Crippen molar-refractivity contribution in [3.05, 3.63) is 24.3 Å². The minimum Gasteiger partial charge on any atom is -0.346 e. The molecule has 3 rings (SSSR count). The van der Waals surface area contributed by atoms with Crippen molar-refractivity contribution in [2.75, 3.05) is 19.3 Å². The van der Waals surface area contributed by atoms with E-state index in [-0.39, 0.29) is 5.91 Å². The number of carbonyl (C=O) groups is 1. The molecular formula is C14H18N4OS. The average molecular weight is 290 g/mol. The Morgan fingerprint density at radius 1 is 1.45 bits per heavy atom. The fourth-order valence-electron chi connectivity index (χ4n) is 2.67. The minimum absolute atomic E-state index is 0.0259. The Kier molecular flexibility index (Phi) is 3.91. The molecule has 0 aromatic carbocycles. The molecular weight excluding hydrogens is 272 g/mol. The molecule has 3 heterocycles. The number of nitrogens with zero attached hydrogens (tertiary/aromatic N) is 3. The summed E-state index contributed by atoms with van der Waals surface area (Å²) in [5.41, 5.74) is 1.23. The van der Waals surface area contributed by atoms with Crippen LogP contribution in [-0.4, -0.2) is 50.4 Å². The van der Waals surface area contributed by atoms with Crippen LogP contribution in [0.15, 0.2) is 18.6 Å². The molecule has 106 valence electrons. The van der Waals surface area contributed by atoms with Crippen LogP contribution in [0, 0.1) is 0 Å². The van der Waals surface area contributed by atoms with Crippen LogP contribution >= 0.6 is 11.8 Å². The van der Waals surface area contributed by atoms with Crippen LogP contribution < -0.4 is 0 Å². The Labute approximate surface area is 122 Å². The van der Waals surface area contributed by atoms with Gasteiger partial charge in [0.15, 0.2) is 0 Å². The molecule has 1 aliphatic heterocycles. The number of fused-ring (bicyclic) bond motifs is 1. The van der Waals surface area contributed by atoms with Gasteiger partial charge in [0.2, 0.25) is 0 Å². The standard InChI is InChI=1S/C14H18N4OS/c1-20-10-4-2-3-7-18(8-10)14(19)12-11-5-6-15-13(11)17-9-16-12/h5-6,9-10H,2-4,7-8H2,1H3,(H,15,16,17). The summed E-state index contributed by atoms with van der Waals surface area (Å²) in [4.78, 5) is 26.1. The first-order chi connectivity index (χ1) is 9.79. The van der Waals surface area contributed by atoms with Gasteiger partial charge in [-0.1, -0.05) is 6.42 Å². The number of carbonyl (C=O) groups excluding carboxylic acids is 1. The normalized spacial score (nSPS) is 20.1. The number of hydrogen-bond donors (Lipinski definition) is 1. The maximum atomic E-state index is 12.7. The van der Waals surface area contributed by atoms with Crippen LogP contribution in [0.1, 0.15) is 29.8 Å². The van der Waals surface area contributed by atoms with E-state index in [1.165, 1.54) is 19.2 Å². The number of aromatic amines is 1. The predicted molar refractivity (Wildman–Crippen MR) is 80.9 cm³/mol. The first-order valence-corrected chi connectivity index (χ1v) is 8.18. The van der Waals surface area contributed by atoms with E-state index in [1.807, 2.05) is 22.7 Å². The molecule has 0 aliphatic carbocycles. The third kappa shape index (κ3) is 2.52. The highest BCUT2D eigenvalue weighted by atomic mass is 32.2. The van der Waals surface area contributed by atoms with Crippen molar-refractivity contribution in [3.63, 3.8) is 0 Å². The fraction of sp³-hybridized carbons (Fsp3) is 0.500. The third-order valence-electron chi connectivity index (χ3n) is 3.81. The molecule has 0 radical (unpaired) electrons. The zero-order chi connectivity index (χ0) is 13.9. The zero-order valence-electron chi connectivity index (χ0n) is 11.5. The molecule has 1 aliphatic rings. The summed E-state index contributed by atoms with van der Waals surface area (Å²) in [7, 11) is 0. The maximum Gasteiger partial charge on any atom is 0.273 e. The van der Waals surface area contributed by atoms with Crippen molar-refractivity contribution in [1.29, 1.82) is 0 Å². The number of rotatable bonds is 2. The van der Waals surface area contributed by atoms with Crippen molar-refractivity contribution in [2.24, 2.45) is 0 Å². The minimum atomic E-state index is 0.0259. The fourth-order valence-corrected chi connectivity index (χ4v) is 3.40. The van der Waals surface area contributed by atoms with Crippen LogP contribution in [0.5, 0.6) is 0 Å². The summed E-state index contributed by atoms with van der Waals surface area (Å²) < 4.78 is 0. The molecule has 0 saturated carbocycles. The molecule has 20 heavy (non-hydrogen) atoms. The van der Waals surface area contributed by atoms with Crippen molar-refractivity contribution >= 4 is 28.7 Å². The van der Waals surface area contributed by atoms with E-state index in [2.05, 4.69) is 21.2 Å². The van der Waals surface area contributed by atoms with Crippen molar-refractivity contribution in [1.82, 2.24) is 19.9 Å². The van der Waals surface area contributed by atoms with Crippen LogP contribution in [-0.2, 0) is 0 Å². The van der Waals surface area contributed by atoms with E-state index in [0.717, 1.165) is 30.5 Å². The molecule has 6 heteroatoms. The topological polar surface area (TPSA) is 61.9 Å². The van der Waals surface area contributed by atoms with Crippen LogP contribution in [0.3, 0.4) is 0 Å². The number of H-pyrrole nitrogens is 1. The summed E-state index contributed by atoms with van der Waals surface area (Å²) in [6.45, 7) is 1.64. The van der Waals surface area contributed by atoms with E-state index >= 15 is 0 Å². The number of aromatic nitrogens is 3. The molecule has 1 N–H and O–H groups in total. The quantitative estimate of drug-likeness (QED) is 0.922. The van der Waals surface area contributed by atoms with Gasteiger partial charge >= 0.3 is 0 Å². The molecule has 1 fully saturated rings. The molecule has 0 spiro atoms. The van der Waals surface area contributed by atoms with Gasteiger partial charge in [-0.15, -0.1) is 0 Å². The first-order valence-electron chi connectivity index (χ1n) is 6.89. The molecule has 1 saturated heterocycles. The maximum absolute atomic E-state index is 12.7. The molecule has 1 amide bonds. The van der Waals surface area contributed by atoms with E-state index in [1.54, 1.807) is 6.20 Å². The second kappa shape index (κ2) is 5.83. The van der Waals surface area contributed by atoms with E-state index in [0.29, 0.717) is 10.9 Å². The predicted octanol–water partition coefficient (Wildman–Crippen LogP) is 2.32. The van der Waals surface area contributed by atoms with Crippen LogP contribution in [0.2, 0.25) is 0 Å². The van der Waals surface area contributed by atoms with E-state index in [9.17, 15) is 4.79 Å². The van der Waals surface area contributed by atoms with Crippen LogP contribution in [0.25, 0.3) is 11.0 Å². The van der Waals surface area contributed by atoms with Crippen molar-refractivity contribution in [3.8, 4) is 0 Å². The second-order valence-corrected chi connectivity index (χ2v) is 6.20. The van der Waals surface area contributed by atoms with Crippen molar-refractivity contribution in [2.45, 2.75) is 24.5 Å². The lowest BCUT2D eigenvalue weighted by Gasteiger charge is -2.23. The Morgan fingerprint density at radius 3 is 3.20 bits per heavy atom. The Bertz CT molecular complexity index is 612. The summed E-state index contributed by atoms with van der Waals surface area (Å²) in [6, 6.07) is 1.87. The summed E-state index contributed by atoms with van der Waals surface area (Å²) >= 11 is 1.85. The number of hydrogen-bond acceptors (Lipinski definition) is 4. The van der Waals surface area contributed by atoms with Gasteiger partial charge in [-0.05, 0) is 25.2 Å². The van der Waals surface area contributed by atoms with Gasteiger partial charge in [-0.2, -0.15) is 11.8 Å². The highest BCUT2D eigenvalue weighted by Crippen LogP contribution is 2.22. The highest BCUT2D eigenvalue weighted by molar-refractivity contribution is 7.99. The average Bonchev–Trinajstić information content (AvgIpc) is 2.83. The Hall–Kier alpha value is -1.56. The molecule has 5 nitrogen and oxygen atoms in total. The van der Waals surface area contributed by atoms with Gasteiger partial charge in [-0.3, -0.25) is 4.79 Å². The molecule has 2 aromatic heterocycles. The van der Waals surface area contributed by atoms with Crippen molar-refractivity contribution < 1.29 is 4.79 Å². The third-order valence-corrected chi connectivity index (χ3v) is 4.86. The Morgan fingerprint density at radius 2 is 2.35 bits per heavy atom. The number of nitrogens with one attached hydrogen (secondary N) is 1. The molecule has 0 bridgehead atoms. The smallest absolute Gasteiger partial charge is 0.273 e. The summed E-state index contributed by atoms with van der Waals surface area (Å²) in [5.74, 6) is 0.0259. The van der Waals surface area contributed by atoms with Gasteiger partial charge in [0.05, 0.1) is 5.39 Å². The lowest BCUT2D eigenvalue weighted by Crippen LogP contribution is -2.36. The van der Waals surface area contributed by atoms with Gasteiger partial charge in [0.1, 0.15) is 17.7 Å². The van der Waals surface area contributed by atoms with E-state index < -0.39 is 0 Å². The monoisotopic (exact) mass is 290 g/mol. The molecule has 2 aromatic rings. The number of amides is 1. The van der Waals surface area contributed by atoms with Gasteiger partial charge in [0, 0.05) is 24.5 Å². The second-order valence-electron chi connectivity index (χ2n) is 5.07. The SMILES string of the molecule is CSC1CCCCN(C(=O)c2ncnc3[nH]ccc23)C1. The largest absolute Gasteiger partial charge is 0.346 e. The number of likely N-dealkylation sites (tertiary alicyclic amines) is 1. The lowest BCUT2D eigenvalue weighted by atomic mass is 10.2. The van der Waals surface area contributed by atoms with Gasteiger partial charge in [-0.25, -0.2) is 9.97 Å². The van der Waals surface area contributed by atoms with Crippen LogP contribution in [0.4, 0.5) is 0 Å². The van der Waals surface area contributed by atoms with Gasteiger partial charge < -0.3 is 9.88 Å². The summed E-state index contributed by atoms with van der Waals surface area (Å²) in [5, 5.41) is 1.34. The number of thioether (sulfide) groups is 1. The summed E-state index contributed by atoms with van der Waals surface area (Å²) in [6.07, 6.45) is 8.82. The highest BCUT2D eigenvalue weighted by Gasteiger charge is 2.24. The van der Waals surface area contributed by atoms with E-state index in [4.69, 9.17) is 0 Å². The Balaban J connectivity index is 1.89. The lowest BCUT2D eigenvalue weighted by molar-refractivity contribution is 0.0759. The molecule has 1 unspecified atom stereocenters. The molecule has 1 atom stereocenters. The first kappa shape index (κ1) is 13.4. The van der Waals surface area contributed by atoms with Gasteiger partial charge in [0.25, 0.3) is 5.91 Å².